The van der Waals surface area contributed by atoms with Gasteiger partial charge in [-0.2, -0.15) is 0 Å². The highest BCUT2D eigenvalue weighted by Gasteiger charge is 2.29. The Bertz CT molecular complexity index is 780. The minimum absolute atomic E-state index is 0.0873. The van der Waals surface area contributed by atoms with Crippen molar-refractivity contribution in [2.75, 3.05) is 0 Å². The second-order valence-corrected chi connectivity index (χ2v) is 9.96. The van der Waals surface area contributed by atoms with Gasteiger partial charge in [0.15, 0.2) is 0 Å². The topological polar surface area (TPSA) is 114 Å². The van der Waals surface area contributed by atoms with Crippen LogP contribution in [0.25, 0.3) is 0 Å². The average molecular weight is 476 g/mol. The van der Waals surface area contributed by atoms with Crippen LogP contribution in [0, 0.1) is 17.8 Å². The van der Waals surface area contributed by atoms with Crippen molar-refractivity contribution in [3.63, 3.8) is 0 Å². The van der Waals surface area contributed by atoms with Crippen molar-refractivity contribution in [3.8, 4) is 0 Å². The van der Waals surface area contributed by atoms with Crippen molar-refractivity contribution in [2.24, 2.45) is 17.8 Å². The lowest BCUT2D eigenvalue weighted by atomic mass is 9.99. The molecule has 0 fully saturated rings. The number of carbonyl (C=O) groups is 4. The molecule has 3 N–H and O–H groups in total. The summed E-state index contributed by atoms with van der Waals surface area (Å²) in [6, 6.07) is 6.96. The predicted octanol–water partition coefficient (Wildman–Crippen LogP) is 3.59. The van der Waals surface area contributed by atoms with Gasteiger partial charge in [0.1, 0.15) is 25.0 Å². The quantitative estimate of drug-likeness (QED) is 0.356. The van der Waals surface area contributed by atoms with Crippen molar-refractivity contribution >= 4 is 24.2 Å². The molecule has 0 spiro atoms. The Morgan fingerprint density at radius 1 is 0.765 bits per heavy atom. The maximum atomic E-state index is 13.1. The third-order valence-electron chi connectivity index (χ3n) is 5.09. The molecular weight excluding hydrogens is 434 g/mol. The molecule has 0 aliphatic heterocycles. The Morgan fingerprint density at radius 2 is 1.26 bits per heavy atom. The van der Waals surface area contributed by atoms with E-state index < -0.39 is 36.0 Å². The first-order valence-corrected chi connectivity index (χ1v) is 12.0. The molecular formula is C26H41N3O5. The van der Waals surface area contributed by atoms with Crippen LogP contribution in [0.3, 0.4) is 0 Å². The minimum Gasteiger partial charge on any atom is -0.445 e. The number of benzene rings is 1. The van der Waals surface area contributed by atoms with Crippen LogP contribution in [0.1, 0.15) is 66.4 Å². The third kappa shape index (κ3) is 11.8. The summed E-state index contributed by atoms with van der Waals surface area (Å²) in [6.07, 6.45) is 1.32. The fraction of sp³-hybridized carbons (Fsp3) is 0.615. The van der Waals surface area contributed by atoms with E-state index in [2.05, 4.69) is 16.0 Å². The highest BCUT2D eigenvalue weighted by molar-refractivity contribution is 5.92. The molecule has 0 heterocycles. The van der Waals surface area contributed by atoms with E-state index in [9.17, 15) is 19.2 Å². The number of aldehydes is 1. The van der Waals surface area contributed by atoms with Crippen LogP contribution < -0.4 is 16.0 Å². The zero-order valence-electron chi connectivity index (χ0n) is 21.3. The number of ether oxygens (including phenoxy) is 1. The van der Waals surface area contributed by atoms with Crippen LogP contribution in [-0.2, 0) is 25.7 Å². The lowest BCUT2D eigenvalue weighted by Gasteiger charge is -2.26. The summed E-state index contributed by atoms with van der Waals surface area (Å²) in [5, 5.41) is 8.15. The summed E-state index contributed by atoms with van der Waals surface area (Å²) < 4.78 is 5.26. The maximum Gasteiger partial charge on any atom is 0.408 e. The zero-order chi connectivity index (χ0) is 25.7. The standard InChI is InChI=1S/C26H41N3O5/c1-17(2)12-21(15-30)27-24(31)22(13-18(3)4)28-25(32)23(14-19(5)6)29-26(33)34-16-20-10-8-7-9-11-20/h7-11,15,17-19,21-23H,12-14,16H2,1-6H3,(H,27,31)(H,28,32)(H,29,33)/t21-,22-,23?/m0/s1. The maximum absolute atomic E-state index is 13.1. The Morgan fingerprint density at radius 3 is 1.76 bits per heavy atom. The van der Waals surface area contributed by atoms with Gasteiger partial charge in [-0.15, -0.1) is 0 Å². The van der Waals surface area contributed by atoms with Crippen molar-refractivity contribution in [2.45, 2.75) is 85.5 Å². The molecule has 0 saturated carbocycles. The fourth-order valence-corrected chi connectivity index (χ4v) is 3.52. The van der Waals surface area contributed by atoms with E-state index >= 15 is 0 Å². The second kappa shape index (κ2) is 15.1. The molecule has 3 amide bonds. The molecule has 0 saturated heterocycles. The number of hydrogen-bond donors (Lipinski definition) is 3. The van der Waals surface area contributed by atoms with E-state index in [0.29, 0.717) is 19.3 Å². The van der Waals surface area contributed by atoms with E-state index in [1.165, 1.54) is 0 Å². The van der Waals surface area contributed by atoms with Gasteiger partial charge in [0.05, 0.1) is 6.04 Å². The third-order valence-corrected chi connectivity index (χ3v) is 5.09. The molecule has 8 nitrogen and oxygen atoms in total. The first-order chi connectivity index (χ1) is 16.0. The molecule has 34 heavy (non-hydrogen) atoms. The van der Waals surface area contributed by atoms with Crippen molar-refractivity contribution in [1.29, 1.82) is 0 Å². The average Bonchev–Trinajstić information content (AvgIpc) is 2.76. The van der Waals surface area contributed by atoms with Gasteiger partial charge in [-0.05, 0) is 42.6 Å². The summed E-state index contributed by atoms with van der Waals surface area (Å²) in [4.78, 5) is 49.7. The van der Waals surface area contributed by atoms with Crippen molar-refractivity contribution in [1.82, 2.24) is 16.0 Å². The normalized spacial score (nSPS) is 13.8. The number of carbonyl (C=O) groups excluding carboxylic acids is 4. The lowest BCUT2D eigenvalue weighted by molar-refractivity contribution is -0.131. The molecule has 0 aromatic heterocycles. The van der Waals surface area contributed by atoms with E-state index in [4.69, 9.17) is 4.74 Å². The molecule has 190 valence electrons. The van der Waals surface area contributed by atoms with Crippen LogP contribution in [-0.4, -0.2) is 42.3 Å². The van der Waals surface area contributed by atoms with Gasteiger partial charge in [-0.3, -0.25) is 9.59 Å². The van der Waals surface area contributed by atoms with E-state index in [0.717, 1.165) is 11.8 Å². The largest absolute Gasteiger partial charge is 0.445 e. The smallest absolute Gasteiger partial charge is 0.408 e. The first kappa shape index (κ1) is 29.1. The summed E-state index contributed by atoms with van der Waals surface area (Å²) >= 11 is 0. The van der Waals surface area contributed by atoms with Crippen LogP contribution in [0.2, 0.25) is 0 Å². The number of rotatable bonds is 14. The van der Waals surface area contributed by atoms with E-state index in [1.54, 1.807) is 0 Å². The summed E-state index contributed by atoms with van der Waals surface area (Å²) in [7, 11) is 0. The lowest BCUT2D eigenvalue weighted by Crippen LogP contribution is -2.55. The SMILES string of the molecule is CC(C)CC(NC(=O)OCc1ccccc1)C(=O)N[C@@H](CC(C)C)C(=O)N[C@H](C=O)CC(C)C. The first-order valence-electron chi connectivity index (χ1n) is 12.0. The van der Waals surface area contributed by atoms with E-state index in [1.807, 2.05) is 71.9 Å². The minimum atomic E-state index is -0.858. The van der Waals surface area contributed by atoms with Crippen molar-refractivity contribution in [3.05, 3.63) is 35.9 Å². The fourth-order valence-electron chi connectivity index (χ4n) is 3.52. The second-order valence-electron chi connectivity index (χ2n) is 9.96. The Kier molecular flexibility index (Phi) is 12.9. The molecule has 0 aliphatic carbocycles. The summed E-state index contributed by atoms with van der Waals surface area (Å²) in [5.74, 6) is -0.390. The summed E-state index contributed by atoms with van der Waals surface area (Å²) in [6.45, 7) is 11.8. The monoisotopic (exact) mass is 475 g/mol. The Hall–Kier alpha value is -2.90. The predicted molar refractivity (Wildman–Crippen MR) is 132 cm³/mol. The molecule has 0 bridgehead atoms. The van der Waals surface area contributed by atoms with Gasteiger partial charge in [0.25, 0.3) is 0 Å². The van der Waals surface area contributed by atoms with Gasteiger partial charge in [-0.1, -0.05) is 71.9 Å². The molecule has 1 unspecified atom stereocenters. The van der Waals surface area contributed by atoms with Gasteiger partial charge in [0, 0.05) is 0 Å². The number of hydrogen-bond acceptors (Lipinski definition) is 5. The summed E-state index contributed by atoms with van der Waals surface area (Å²) in [5.41, 5.74) is 0.835. The van der Waals surface area contributed by atoms with Gasteiger partial charge in [-0.25, -0.2) is 4.79 Å². The number of amides is 3. The highest BCUT2D eigenvalue weighted by atomic mass is 16.5. The molecule has 1 aromatic carbocycles. The van der Waals surface area contributed by atoms with Gasteiger partial charge >= 0.3 is 6.09 Å². The molecule has 3 atom stereocenters. The number of alkyl carbamates (subject to hydrolysis) is 1. The van der Waals surface area contributed by atoms with Crippen LogP contribution in [0.15, 0.2) is 30.3 Å². The molecule has 1 aromatic rings. The van der Waals surface area contributed by atoms with Gasteiger partial charge < -0.3 is 25.5 Å². The zero-order valence-corrected chi connectivity index (χ0v) is 21.3. The molecule has 1 rings (SSSR count). The van der Waals surface area contributed by atoms with E-state index in [-0.39, 0.29) is 24.4 Å². The van der Waals surface area contributed by atoms with Crippen molar-refractivity contribution < 1.29 is 23.9 Å². The van der Waals surface area contributed by atoms with Gasteiger partial charge in [0.2, 0.25) is 11.8 Å². The Balaban J connectivity index is 2.84. The Labute approximate surface area is 203 Å². The van der Waals surface area contributed by atoms with Crippen LogP contribution >= 0.6 is 0 Å². The molecule has 8 heteroatoms. The highest BCUT2D eigenvalue weighted by Crippen LogP contribution is 2.11. The molecule has 0 radical (unpaired) electrons. The number of nitrogens with one attached hydrogen (secondary N) is 3. The van der Waals surface area contributed by atoms with Crippen LogP contribution in [0.5, 0.6) is 0 Å². The van der Waals surface area contributed by atoms with Crippen LogP contribution in [0.4, 0.5) is 4.79 Å². The molecule has 0 aliphatic rings.